The molecule has 1 amide bonds. The molecule has 25 heavy (non-hydrogen) atoms. The van der Waals surface area contributed by atoms with Crippen molar-refractivity contribution in [3.8, 4) is 5.75 Å². The van der Waals surface area contributed by atoms with Crippen LogP contribution in [0.25, 0.3) is 0 Å². The van der Waals surface area contributed by atoms with Crippen LogP contribution in [0.2, 0.25) is 10.0 Å². The van der Waals surface area contributed by atoms with E-state index in [0.717, 1.165) is 0 Å². The Kier molecular flexibility index (Phi) is 4.92. The van der Waals surface area contributed by atoms with Crippen molar-refractivity contribution in [1.29, 1.82) is 0 Å². The van der Waals surface area contributed by atoms with Crippen LogP contribution >= 0.6 is 23.2 Å². The van der Waals surface area contributed by atoms with Crippen LogP contribution in [-0.2, 0) is 14.8 Å². The summed E-state index contributed by atoms with van der Waals surface area (Å²) >= 11 is 11.9. The molecular weight excluding hydrogens is 387 g/mol. The summed E-state index contributed by atoms with van der Waals surface area (Å²) in [4.78, 5) is 11.4. The third-order valence-electron chi connectivity index (χ3n) is 3.67. The normalized spacial score (nSPS) is 15.1. The summed E-state index contributed by atoms with van der Waals surface area (Å²) in [5, 5.41) is 3.32. The van der Waals surface area contributed by atoms with E-state index in [1.807, 2.05) is 0 Å². The summed E-state index contributed by atoms with van der Waals surface area (Å²) in [6.45, 7) is 1.60. The van der Waals surface area contributed by atoms with E-state index < -0.39 is 16.1 Å². The highest BCUT2D eigenvalue weighted by Crippen LogP contribution is 2.31. The van der Waals surface area contributed by atoms with E-state index in [4.69, 9.17) is 27.9 Å². The molecule has 2 aromatic rings. The maximum atomic E-state index is 12.6. The summed E-state index contributed by atoms with van der Waals surface area (Å²) in [7, 11) is -3.81. The second-order valence-electron chi connectivity index (χ2n) is 5.51. The van der Waals surface area contributed by atoms with Crippen molar-refractivity contribution < 1.29 is 17.9 Å². The van der Waals surface area contributed by atoms with Crippen LogP contribution in [0.3, 0.4) is 0 Å². The van der Waals surface area contributed by atoms with Crippen molar-refractivity contribution in [2.24, 2.45) is 0 Å². The molecule has 0 radical (unpaired) electrons. The smallest absolute Gasteiger partial charge is 0.262 e. The quantitative estimate of drug-likeness (QED) is 0.823. The number of rotatable bonds is 4. The first-order valence-corrected chi connectivity index (χ1v) is 9.54. The van der Waals surface area contributed by atoms with Crippen LogP contribution in [0.1, 0.15) is 18.5 Å². The van der Waals surface area contributed by atoms with Gasteiger partial charge < -0.3 is 10.1 Å². The summed E-state index contributed by atoms with van der Waals surface area (Å²) < 4.78 is 33.0. The Labute approximate surface area is 155 Å². The van der Waals surface area contributed by atoms with Crippen LogP contribution in [0.15, 0.2) is 41.3 Å². The molecule has 132 valence electrons. The number of amides is 1. The Balaban J connectivity index is 1.85. The fourth-order valence-electron chi connectivity index (χ4n) is 2.38. The maximum absolute atomic E-state index is 12.6. The first-order valence-electron chi connectivity index (χ1n) is 7.30. The summed E-state index contributed by atoms with van der Waals surface area (Å²) in [6, 6.07) is 8.67. The molecule has 9 heteroatoms. The van der Waals surface area contributed by atoms with Gasteiger partial charge in [0.1, 0.15) is 5.75 Å². The lowest BCUT2D eigenvalue weighted by Gasteiger charge is -2.19. The molecule has 1 heterocycles. The number of halogens is 2. The van der Waals surface area contributed by atoms with Gasteiger partial charge in [0.25, 0.3) is 5.91 Å². The monoisotopic (exact) mass is 400 g/mol. The molecule has 6 nitrogen and oxygen atoms in total. The number of fused-ring (bicyclic) bond motifs is 1. The van der Waals surface area contributed by atoms with Gasteiger partial charge in [0, 0.05) is 6.04 Å². The van der Waals surface area contributed by atoms with Gasteiger partial charge in [-0.15, -0.1) is 0 Å². The number of nitrogens with one attached hydrogen (secondary N) is 2. The molecule has 0 aromatic heterocycles. The highest BCUT2D eigenvalue weighted by Gasteiger charge is 2.23. The third kappa shape index (κ3) is 3.90. The average Bonchev–Trinajstić information content (AvgIpc) is 2.56. The molecule has 0 fully saturated rings. The molecule has 2 N–H and O–H groups in total. The van der Waals surface area contributed by atoms with E-state index >= 15 is 0 Å². The lowest BCUT2D eigenvalue weighted by Crippen LogP contribution is -2.28. The Morgan fingerprint density at radius 3 is 2.64 bits per heavy atom. The Morgan fingerprint density at radius 2 is 1.92 bits per heavy atom. The van der Waals surface area contributed by atoms with Gasteiger partial charge in [0.2, 0.25) is 10.0 Å². The second kappa shape index (κ2) is 6.84. The van der Waals surface area contributed by atoms with Crippen molar-refractivity contribution in [3.05, 3.63) is 52.0 Å². The van der Waals surface area contributed by atoms with Crippen molar-refractivity contribution >= 4 is 44.8 Å². The molecular formula is C16H14Cl2N2O4S. The fourth-order valence-corrected chi connectivity index (χ4v) is 3.94. The lowest BCUT2D eigenvalue weighted by molar-refractivity contribution is -0.118. The van der Waals surface area contributed by atoms with E-state index in [0.29, 0.717) is 27.0 Å². The van der Waals surface area contributed by atoms with Crippen LogP contribution in [0, 0.1) is 0 Å². The van der Waals surface area contributed by atoms with E-state index in [1.54, 1.807) is 25.1 Å². The molecule has 0 aliphatic carbocycles. The number of anilines is 1. The van der Waals surface area contributed by atoms with Gasteiger partial charge in [-0.05, 0) is 42.8 Å². The first kappa shape index (κ1) is 18.0. The summed E-state index contributed by atoms with van der Waals surface area (Å²) in [5.74, 6) is 0.0928. The van der Waals surface area contributed by atoms with Gasteiger partial charge >= 0.3 is 0 Å². The zero-order valence-corrected chi connectivity index (χ0v) is 15.4. The van der Waals surface area contributed by atoms with E-state index in [1.165, 1.54) is 18.2 Å². The molecule has 1 unspecified atom stereocenters. The lowest BCUT2D eigenvalue weighted by atomic mass is 10.1. The highest BCUT2D eigenvalue weighted by molar-refractivity contribution is 7.89. The number of hydrogen-bond acceptors (Lipinski definition) is 4. The van der Waals surface area contributed by atoms with Crippen LogP contribution < -0.4 is 14.8 Å². The van der Waals surface area contributed by atoms with Gasteiger partial charge in [0.15, 0.2) is 6.61 Å². The minimum atomic E-state index is -3.81. The fraction of sp³-hybridized carbons (Fsp3) is 0.188. The van der Waals surface area contributed by atoms with E-state index in [-0.39, 0.29) is 17.4 Å². The van der Waals surface area contributed by atoms with Crippen molar-refractivity contribution in [2.75, 3.05) is 11.9 Å². The topological polar surface area (TPSA) is 84.5 Å². The number of hydrogen-bond donors (Lipinski definition) is 2. The van der Waals surface area contributed by atoms with Gasteiger partial charge in [-0.3, -0.25) is 4.79 Å². The number of benzene rings is 2. The minimum Gasteiger partial charge on any atom is -0.482 e. The Bertz CT molecular complexity index is 947. The molecule has 3 rings (SSSR count). The van der Waals surface area contributed by atoms with Gasteiger partial charge in [-0.1, -0.05) is 29.3 Å². The SMILES string of the molecule is CC(NS(=O)(=O)c1ccc2c(c1)NC(=O)CO2)c1ccc(Cl)c(Cl)c1. The number of carbonyl (C=O) groups excluding carboxylic acids is 1. The summed E-state index contributed by atoms with van der Waals surface area (Å²) in [5.41, 5.74) is 0.994. The predicted octanol–water partition coefficient (Wildman–Crippen LogP) is 3.36. The van der Waals surface area contributed by atoms with Crippen molar-refractivity contribution in [1.82, 2.24) is 4.72 Å². The minimum absolute atomic E-state index is 0.0176. The highest BCUT2D eigenvalue weighted by atomic mass is 35.5. The zero-order valence-electron chi connectivity index (χ0n) is 13.0. The molecule has 1 atom stereocenters. The van der Waals surface area contributed by atoms with Gasteiger partial charge in [-0.2, -0.15) is 0 Å². The molecule has 0 saturated heterocycles. The molecule has 1 aliphatic rings. The number of ether oxygens (including phenoxy) is 1. The number of sulfonamides is 1. The van der Waals surface area contributed by atoms with E-state index in [2.05, 4.69) is 10.0 Å². The van der Waals surface area contributed by atoms with Crippen molar-refractivity contribution in [2.45, 2.75) is 17.9 Å². The molecule has 2 aromatic carbocycles. The van der Waals surface area contributed by atoms with Crippen molar-refractivity contribution in [3.63, 3.8) is 0 Å². The number of carbonyl (C=O) groups is 1. The molecule has 0 spiro atoms. The maximum Gasteiger partial charge on any atom is 0.262 e. The Morgan fingerprint density at radius 1 is 1.16 bits per heavy atom. The molecule has 1 aliphatic heterocycles. The second-order valence-corrected chi connectivity index (χ2v) is 8.04. The van der Waals surface area contributed by atoms with Crippen LogP contribution in [0.4, 0.5) is 5.69 Å². The average molecular weight is 401 g/mol. The van der Waals surface area contributed by atoms with Gasteiger partial charge in [0.05, 0.1) is 20.6 Å². The zero-order chi connectivity index (χ0) is 18.2. The third-order valence-corrected chi connectivity index (χ3v) is 5.95. The standard InChI is InChI=1S/C16H14Cl2N2O4S/c1-9(10-2-4-12(17)13(18)6-10)20-25(22,23)11-3-5-15-14(7-11)19-16(21)8-24-15/h2-7,9,20H,8H2,1H3,(H,19,21). The molecule has 0 bridgehead atoms. The Hall–Kier alpha value is -1.80. The van der Waals surface area contributed by atoms with Crippen LogP contribution in [0.5, 0.6) is 5.75 Å². The van der Waals surface area contributed by atoms with Gasteiger partial charge in [-0.25, -0.2) is 13.1 Å². The summed E-state index contributed by atoms with van der Waals surface area (Å²) in [6.07, 6.45) is 0. The molecule has 0 saturated carbocycles. The first-order chi connectivity index (χ1) is 11.8. The largest absolute Gasteiger partial charge is 0.482 e. The van der Waals surface area contributed by atoms with E-state index in [9.17, 15) is 13.2 Å². The predicted molar refractivity (Wildman–Crippen MR) is 95.8 cm³/mol. The van der Waals surface area contributed by atoms with Crippen LogP contribution in [-0.4, -0.2) is 20.9 Å².